The van der Waals surface area contributed by atoms with Gasteiger partial charge in [-0.15, -0.1) is 0 Å². The lowest BCUT2D eigenvalue weighted by atomic mass is 10.0. The first-order valence-corrected chi connectivity index (χ1v) is 7.03. The molecule has 2 N–H and O–H groups in total. The maximum Gasteiger partial charge on any atom is 0.0219 e. The third-order valence-electron chi connectivity index (χ3n) is 4.04. The fourth-order valence-corrected chi connectivity index (χ4v) is 2.66. The van der Waals surface area contributed by atoms with Gasteiger partial charge in [0.05, 0.1) is 0 Å². The molecule has 2 heteroatoms. The van der Waals surface area contributed by atoms with E-state index in [1.165, 1.54) is 38.6 Å². The van der Waals surface area contributed by atoms with Gasteiger partial charge in [-0.25, -0.2) is 0 Å². The first-order valence-electron chi connectivity index (χ1n) is 7.03. The van der Waals surface area contributed by atoms with Gasteiger partial charge in [0.25, 0.3) is 0 Å². The molecule has 0 radical (unpaired) electrons. The van der Waals surface area contributed by atoms with Crippen molar-refractivity contribution in [3.05, 3.63) is 0 Å². The van der Waals surface area contributed by atoms with E-state index in [0.717, 1.165) is 12.0 Å². The average Bonchev–Trinajstić information content (AvgIpc) is 2.70. The minimum Gasteiger partial charge on any atom is -0.327 e. The molecule has 16 heavy (non-hydrogen) atoms. The topological polar surface area (TPSA) is 29.3 Å². The molecule has 1 aliphatic rings. The summed E-state index contributed by atoms with van der Waals surface area (Å²) in [6.45, 7) is 10.3. The van der Waals surface area contributed by atoms with Crippen molar-refractivity contribution in [2.45, 2.75) is 77.9 Å². The summed E-state index contributed by atoms with van der Waals surface area (Å²) in [5.74, 6) is 0.796. The summed E-state index contributed by atoms with van der Waals surface area (Å²) in [6, 6.07) is 1.62. The van der Waals surface area contributed by atoms with Gasteiger partial charge in [-0.3, -0.25) is 4.90 Å². The van der Waals surface area contributed by atoms with Crippen LogP contribution in [0.1, 0.15) is 59.8 Å². The minimum atomic E-state index is 0.285. The molecule has 1 fully saturated rings. The Balaban J connectivity index is 2.53. The van der Waals surface area contributed by atoms with Crippen molar-refractivity contribution < 1.29 is 0 Å². The molecule has 0 spiro atoms. The Morgan fingerprint density at radius 3 is 2.12 bits per heavy atom. The van der Waals surface area contributed by atoms with Crippen LogP contribution in [0, 0.1) is 5.92 Å². The molecular formula is C14H30N2. The van der Waals surface area contributed by atoms with Gasteiger partial charge in [0.2, 0.25) is 0 Å². The van der Waals surface area contributed by atoms with Crippen LogP contribution in [-0.4, -0.2) is 29.6 Å². The molecule has 1 saturated carbocycles. The van der Waals surface area contributed by atoms with E-state index in [9.17, 15) is 0 Å². The molecule has 1 rings (SSSR count). The minimum absolute atomic E-state index is 0.285. The fourth-order valence-electron chi connectivity index (χ4n) is 2.66. The highest BCUT2D eigenvalue weighted by molar-refractivity contribution is 4.84. The zero-order valence-electron chi connectivity index (χ0n) is 11.6. The van der Waals surface area contributed by atoms with Gasteiger partial charge < -0.3 is 5.73 Å². The summed E-state index contributed by atoms with van der Waals surface area (Å²) in [5, 5.41) is 0. The normalized spacial score (nSPS) is 21.9. The summed E-state index contributed by atoms with van der Waals surface area (Å²) in [4.78, 5) is 2.68. The first kappa shape index (κ1) is 14.0. The number of hydrogen-bond acceptors (Lipinski definition) is 2. The Hall–Kier alpha value is -0.0800. The highest BCUT2D eigenvalue weighted by Crippen LogP contribution is 2.26. The summed E-state index contributed by atoms with van der Waals surface area (Å²) in [5.41, 5.74) is 6.07. The molecular weight excluding hydrogens is 196 g/mol. The number of nitrogens with two attached hydrogens (primary N) is 1. The Bertz CT molecular complexity index is 181. The van der Waals surface area contributed by atoms with Crippen LogP contribution in [0.2, 0.25) is 0 Å². The summed E-state index contributed by atoms with van der Waals surface area (Å²) in [6.07, 6.45) is 6.89. The maximum atomic E-state index is 6.07. The van der Waals surface area contributed by atoms with Crippen molar-refractivity contribution in [2.24, 2.45) is 11.7 Å². The standard InChI is InChI=1S/C14H30N2/c1-11(2)9-10-16(13(4)12(3)15)14-7-5-6-8-14/h11-14H,5-10,15H2,1-4H3. The van der Waals surface area contributed by atoms with Gasteiger partial charge in [-0.2, -0.15) is 0 Å². The molecule has 2 unspecified atom stereocenters. The van der Waals surface area contributed by atoms with Gasteiger partial charge >= 0.3 is 0 Å². The smallest absolute Gasteiger partial charge is 0.0219 e. The molecule has 0 heterocycles. The second-order valence-electron chi connectivity index (χ2n) is 5.96. The van der Waals surface area contributed by atoms with E-state index < -0.39 is 0 Å². The van der Waals surface area contributed by atoms with E-state index in [2.05, 4.69) is 32.6 Å². The molecule has 1 aliphatic carbocycles. The van der Waals surface area contributed by atoms with E-state index in [0.29, 0.717) is 6.04 Å². The highest BCUT2D eigenvalue weighted by atomic mass is 15.2. The molecule has 0 aromatic carbocycles. The van der Waals surface area contributed by atoms with Crippen LogP contribution in [0.3, 0.4) is 0 Å². The van der Waals surface area contributed by atoms with Crippen LogP contribution in [0.5, 0.6) is 0 Å². The molecule has 0 aromatic heterocycles. The average molecular weight is 226 g/mol. The summed E-state index contributed by atoms with van der Waals surface area (Å²) < 4.78 is 0. The molecule has 0 bridgehead atoms. The molecule has 0 amide bonds. The second-order valence-corrected chi connectivity index (χ2v) is 5.96. The molecule has 0 aromatic rings. The molecule has 2 atom stereocenters. The third kappa shape index (κ3) is 4.06. The van der Waals surface area contributed by atoms with Crippen LogP contribution in [0.15, 0.2) is 0 Å². The van der Waals surface area contributed by atoms with E-state index >= 15 is 0 Å². The third-order valence-corrected chi connectivity index (χ3v) is 4.04. The Morgan fingerprint density at radius 1 is 1.12 bits per heavy atom. The Morgan fingerprint density at radius 2 is 1.69 bits per heavy atom. The Kier molecular flexibility index (Phi) is 5.77. The van der Waals surface area contributed by atoms with Gasteiger partial charge in [-0.05, 0) is 45.6 Å². The van der Waals surface area contributed by atoms with Crippen molar-refractivity contribution in [3.8, 4) is 0 Å². The summed E-state index contributed by atoms with van der Waals surface area (Å²) in [7, 11) is 0. The van der Waals surface area contributed by atoms with Crippen LogP contribution in [0.4, 0.5) is 0 Å². The molecule has 2 nitrogen and oxygen atoms in total. The molecule has 96 valence electrons. The van der Waals surface area contributed by atoms with Gasteiger partial charge in [0, 0.05) is 18.1 Å². The maximum absolute atomic E-state index is 6.07. The van der Waals surface area contributed by atoms with Gasteiger partial charge in [-0.1, -0.05) is 26.7 Å². The van der Waals surface area contributed by atoms with Crippen LogP contribution in [-0.2, 0) is 0 Å². The zero-order valence-corrected chi connectivity index (χ0v) is 11.6. The molecule has 0 aliphatic heterocycles. The number of nitrogens with zero attached hydrogens (tertiary/aromatic N) is 1. The second kappa shape index (κ2) is 6.61. The number of rotatable bonds is 6. The highest BCUT2D eigenvalue weighted by Gasteiger charge is 2.27. The predicted octanol–water partition coefficient (Wildman–Crippen LogP) is 3.01. The van der Waals surface area contributed by atoms with Crippen molar-refractivity contribution in [1.82, 2.24) is 4.90 Å². The first-order chi connectivity index (χ1) is 7.52. The lowest BCUT2D eigenvalue weighted by Gasteiger charge is -2.37. The van der Waals surface area contributed by atoms with Gasteiger partial charge in [0.1, 0.15) is 0 Å². The van der Waals surface area contributed by atoms with E-state index in [4.69, 9.17) is 5.73 Å². The quantitative estimate of drug-likeness (QED) is 0.754. The van der Waals surface area contributed by atoms with E-state index in [1.54, 1.807) is 0 Å². The van der Waals surface area contributed by atoms with Crippen molar-refractivity contribution >= 4 is 0 Å². The number of hydrogen-bond donors (Lipinski definition) is 1. The monoisotopic (exact) mass is 226 g/mol. The van der Waals surface area contributed by atoms with Gasteiger partial charge in [0.15, 0.2) is 0 Å². The Labute approximate surface area is 102 Å². The van der Waals surface area contributed by atoms with E-state index in [-0.39, 0.29) is 6.04 Å². The molecule has 0 saturated heterocycles. The fraction of sp³-hybridized carbons (Fsp3) is 1.00. The van der Waals surface area contributed by atoms with Crippen molar-refractivity contribution in [2.75, 3.05) is 6.54 Å². The largest absolute Gasteiger partial charge is 0.327 e. The lowest BCUT2D eigenvalue weighted by Crippen LogP contribution is -2.49. The lowest BCUT2D eigenvalue weighted by molar-refractivity contribution is 0.123. The summed E-state index contributed by atoms with van der Waals surface area (Å²) >= 11 is 0. The SMILES string of the molecule is CC(C)CCN(C1CCCC1)C(C)C(C)N. The van der Waals surface area contributed by atoms with Crippen molar-refractivity contribution in [1.29, 1.82) is 0 Å². The van der Waals surface area contributed by atoms with E-state index in [1.807, 2.05) is 0 Å². The van der Waals surface area contributed by atoms with Crippen molar-refractivity contribution in [3.63, 3.8) is 0 Å². The van der Waals surface area contributed by atoms with Crippen LogP contribution >= 0.6 is 0 Å². The van der Waals surface area contributed by atoms with Crippen LogP contribution < -0.4 is 5.73 Å². The predicted molar refractivity (Wildman–Crippen MR) is 71.5 cm³/mol. The van der Waals surface area contributed by atoms with Crippen LogP contribution in [0.25, 0.3) is 0 Å². The zero-order chi connectivity index (χ0) is 12.1.